The molecular weight excluding hydrogens is 295 g/mol. The smallest absolute Gasteiger partial charge is 0.288 e. The topological polar surface area (TPSA) is 55.2 Å². The lowest BCUT2D eigenvalue weighted by Gasteiger charge is -2.16. The molecule has 0 heterocycles. The fraction of sp³-hybridized carbons (Fsp3) is 0.200. The maximum Gasteiger partial charge on any atom is 0.288 e. The zero-order valence-corrected chi connectivity index (χ0v) is 12.1. The highest BCUT2D eigenvalue weighted by molar-refractivity contribution is 6.32. The van der Waals surface area contributed by atoms with E-state index in [4.69, 9.17) is 11.6 Å². The Kier molecular flexibility index (Phi) is 4.75. The van der Waals surface area contributed by atoms with Crippen molar-refractivity contribution >= 4 is 23.0 Å². The van der Waals surface area contributed by atoms with Crippen LogP contribution in [-0.4, -0.2) is 11.0 Å². The van der Waals surface area contributed by atoms with Crippen molar-refractivity contribution in [1.82, 2.24) is 0 Å². The molecule has 1 N–H and O–H groups in total. The summed E-state index contributed by atoms with van der Waals surface area (Å²) in [5, 5.41) is 13.9. The van der Waals surface area contributed by atoms with E-state index in [-0.39, 0.29) is 22.6 Å². The Bertz CT molecular complexity index is 664. The third kappa shape index (κ3) is 3.92. The lowest BCUT2D eigenvalue weighted by molar-refractivity contribution is -0.384. The van der Waals surface area contributed by atoms with E-state index in [0.717, 1.165) is 0 Å². The molecule has 110 valence electrons. The van der Waals surface area contributed by atoms with Crippen LogP contribution in [0.4, 0.5) is 15.8 Å². The number of hydrogen-bond acceptors (Lipinski definition) is 3. The third-order valence-electron chi connectivity index (χ3n) is 3.04. The zero-order chi connectivity index (χ0) is 15.4. The molecule has 0 bridgehead atoms. The molecule has 21 heavy (non-hydrogen) atoms. The molecular formula is C15H14ClFN2O2. The third-order valence-corrected chi connectivity index (χ3v) is 3.34. The lowest BCUT2D eigenvalue weighted by Crippen LogP contribution is -2.18. The van der Waals surface area contributed by atoms with Crippen LogP contribution in [0.2, 0.25) is 5.02 Å². The first-order valence-corrected chi connectivity index (χ1v) is 6.79. The maximum absolute atomic E-state index is 13.6. The molecule has 0 fully saturated rings. The minimum Gasteiger partial charge on any atom is -0.382 e. The molecule has 4 nitrogen and oxygen atoms in total. The van der Waals surface area contributed by atoms with Crippen molar-refractivity contribution in [3.63, 3.8) is 0 Å². The van der Waals surface area contributed by atoms with E-state index < -0.39 is 4.92 Å². The van der Waals surface area contributed by atoms with Gasteiger partial charge in [0.2, 0.25) is 0 Å². The van der Waals surface area contributed by atoms with Gasteiger partial charge in [0.25, 0.3) is 5.69 Å². The average Bonchev–Trinajstić information content (AvgIpc) is 2.41. The van der Waals surface area contributed by atoms with Crippen molar-refractivity contribution in [1.29, 1.82) is 0 Å². The Morgan fingerprint density at radius 1 is 1.33 bits per heavy atom. The van der Waals surface area contributed by atoms with Gasteiger partial charge in [-0.2, -0.15) is 0 Å². The van der Waals surface area contributed by atoms with E-state index in [1.165, 1.54) is 18.2 Å². The van der Waals surface area contributed by atoms with Crippen LogP contribution in [0.25, 0.3) is 0 Å². The Morgan fingerprint density at radius 3 is 2.67 bits per heavy atom. The number of nitro benzene ring substituents is 1. The minimum atomic E-state index is -0.533. The van der Waals surface area contributed by atoms with Gasteiger partial charge in [-0.25, -0.2) is 4.39 Å². The second kappa shape index (κ2) is 6.54. The second-order valence-corrected chi connectivity index (χ2v) is 5.17. The molecule has 0 spiro atoms. The Labute approximate surface area is 126 Å². The monoisotopic (exact) mass is 308 g/mol. The minimum absolute atomic E-state index is 0.0422. The Balaban J connectivity index is 2.06. The summed E-state index contributed by atoms with van der Waals surface area (Å²) in [6.07, 6.45) is 0.501. The van der Waals surface area contributed by atoms with Gasteiger partial charge in [-0.15, -0.1) is 0 Å². The van der Waals surface area contributed by atoms with Gasteiger partial charge in [0.05, 0.1) is 4.92 Å². The van der Waals surface area contributed by atoms with Crippen molar-refractivity contribution in [3.8, 4) is 0 Å². The molecule has 6 heteroatoms. The van der Waals surface area contributed by atoms with E-state index in [1.54, 1.807) is 24.3 Å². The zero-order valence-electron chi connectivity index (χ0n) is 11.3. The van der Waals surface area contributed by atoms with Crippen LogP contribution in [0.3, 0.4) is 0 Å². The van der Waals surface area contributed by atoms with Gasteiger partial charge in [0.1, 0.15) is 10.8 Å². The van der Waals surface area contributed by atoms with E-state index in [9.17, 15) is 14.5 Å². The summed E-state index contributed by atoms with van der Waals surface area (Å²) < 4.78 is 13.6. The molecule has 2 aromatic rings. The van der Waals surface area contributed by atoms with Gasteiger partial charge >= 0.3 is 0 Å². The van der Waals surface area contributed by atoms with E-state index >= 15 is 0 Å². The van der Waals surface area contributed by atoms with Crippen LogP contribution in [-0.2, 0) is 6.42 Å². The quantitative estimate of drug-likeness (QED) is 0.656. The van der Waals surface area contributed by atoms with Gasteiger partial charge in [-0.3, -0.25) is 10.1 Å². The molecule has 0 amide bonds. The van der Waals surface area contributed by atoms with Gasteiger partial charge in [-0.05, 0) is 37.1 Å². The molecule has 2 rings (SSSR count). The molecule has 0 aliphatic rings. The first-order chi connectivity index (χ1) is 9.97. The molecule has 1 atom stereocenters. The summed E-state index contributed by atoms with van der Waals surface area (Å²) in [6.45, 7) is 1.90. The number of benzene rings is 2. The van der Waals surface area contributed by atoms with Crippen LogP contribution in [0.1, 0.15) is 12.5 Å². The number of halogens is 2. The predicted molar refractivity (Wildman–Crippen MR) is 81.3 cm³/mol. The molecule has 0 radical (unpaired) electrons. The van der Waals surface area contributed by atoms with E-state index in [0.29, 0.717) is 17.7 Å². The molecule has 0 aliphatic carbocycles. The van der Waals surface area contributed by atoms with Crippen LogP contribution < -0.4 is 5.32 Å². The average molecular weight is 309 g/mol. The number of anilines is 1. The van der Waals surface area contributed by atoms with E-state index in [1.807, 2.05) is 6.92 Å². The van der Waals surface area contributed by atoms with Crippen LogP contribution >= 0.6 is 11.6 Å². The maximum atomic E-state index is 13.6. The van der Waals surface area contributed by atoms with Gasteiger partial charge < -0.3 is 5.32 Å². The highest BCUT2D eigenvalue weighted by Gasteiger charge is 2.13. The summed E-state index contributed by atoms with van der Waals surface area (Å²) in [5.41, 5.74) is 1.14. The normalized spacial score (nSPS) is 12.0. The molecule has 2 aromatic carbocycles. The predicted octanol–water partition coefficient (Wildman–Crippen LogP) is 4.43. The van der Waals surface area contributed by atoms with Crippen molar-refractivity contribution in [2.45, 2.75) is 19.4 Å². The second-order valence-electron chi connectivity index (χ2n) is 4.76. The summed E-state index contributed by atoms with van der Waals surface area (Å²) >= 11 is 5.85. The van der Waals surface area contributed by atoms with Crippen LogP contribution in [0.15, 0.2) is 42.5 Å². The summed E-state index contributed by atoms with van der Waals surface area (Å²) in [7, 11) is 0. The van der Waals surface area contributed by atoms with Gasteiger partial charge in [-0.1, -0.05) is 29.8 Å². The molecule has 1 unspecified atom stereocenters. The Morgan fingerprint density at radius 2 is 2.05 bits per heavy atom. The fourth-order valence-electron chi connectivity index (χ4n) is 2.07. The fourth-order valence-corrected chi connectivity index (χ4v) is 2.32. The van der Waals surface area contributed by atoms with Crippen molar-refractivity contribution in [2.24, 2.45) is 0 Å². The summed E-state index contributed by atoms with van der Waals surface area (Å²) in [6, 6.07) is 11.0. The first-order valence-electron chi connectivity index (χ1n) is 6.41. The summed E-state index contributed by atoms with van der Waals surface area (Å²) in [5.74, 6) is -0.243. The highest BCUT2D eigenvalue weighted by atomic mass is 35.5. The largest absolute Gasteiger partial charge is 0.382 e. The van der Waals surface area contributed by atoms with Crippen molar-refractivity contribution < 1.29 is 9.31 Å². The standard InChI is InChI=1S/C15H14ClFN2O2/c1-10(8-11-4-2-3-5-14(11)17)18-12-6-7-15(19(20)21)13(16)9-12/h2-7,9-10,18H,8H2,1H3. The molecule has 0 saturated heterocycles. The number of rotatable bonds is 5. The van der Waals surface area contributed by atoms with E-state index in [2.05, 4.69) is 5.32 Å². The van der Waals surface area contributed by atoms with Gasteiger partial charge in [0.15, 0.2) is 0 Å². The number of nitro groups is 1. The molecule has 0 aromatic heterocycles. The first kappa shape index (κ1) is 15.3. The SMILES string of the molecule is CC(Cc1ccccc1F)Nc1ccc([N+](=O)[O-])c(Cl)c1. The molecule has 0 aliphatic heterocycles. The number of hydrogen-bond donors (Lipinski definition) is 1. The van der Waals surface area contributed by atoms with Crippen molar-refractivity contribution in [2.75, 3.05) is 5.32 Å². The number of nitrogens with one attached hydrogen (secondary N) is 1. The highest BCUT2D eigenvalue weighted by Crippen LogP contribution is 2.27. The van der Waals surface area contributed by atoms with Gasteiger partial charge in [0, 0.05) is 17.8 Å². The Hall–Kier alpha value is -2.14. The lowest BCUT2D eigenvalue weighted by atomic mass is 10.1. The van der Waals surface area contributed by atoms with Crippen molar-refractivity contribution in [3.05, 3.63) is 69.0 Å². The number of nitrogens with zero attached hydrogens (tertiary/aromatic N) is 1. The van der Waals surface area contributed by atoms with Crippen LogP contribution in [0, 0.1) is 15.9 Å². The summed E-state index contributed by atoms with van der Waals surface area (Å²) in [4.78, 5) is 10.2. The molecule has 0 saturated carbocycles. The van der Waals surface area contributed by atoms with Crippen LogP contribution in [0.5, 0.6) is 0 Å².